The molecule has 0 amide bonds. The van der Waals surface area contributed by atoms with Gasteiger partial charge in [0, 0.05) is 0 Å². The second kappa shape index (κ2) is 19.4. The van der Waals surface area contributed by atoms with E-state index in [0.717, 1.165) is 12.8 Å². The third-order valence-electron chi connectivity index (χ3n) is 4.16. The van der Waals surface area contributed by atoms with Crippen LogP contribution in [0, 0.1) is 14.8 Å². The maximum Gasteiger partial charge on any atom is 0.436 e. The van der Waals surface area contributed by atoms with Gasteiger partial charge in [-0.05, 0) is 10.2 Å². The molecule has 0 saturated carbocycles. The molecule has 4 heteroatoms. The lowest BCUT2D eigenvalue weighted by Crippen LogP contribution is -2.34. The van der Waals surface area contributed by atoms with Crippen LogP contribution in [0.15, 0.2) is 0 Å². The Balaban J connectivity index is 2.94. The minimum absolute atomic E-state index is 0.376. The van der Waals surface area contributed by atoms with Crippen LogP contribution in [0.3, 0.4) is 0 Å². The summed E-state index contributed by atoms with van der Waals surface area (Å²) in [4.78, 5) is 0. The summed E-state index contributed by atoms with van der Waals surface area (Å²) in [6, 6.07) is 0. The van der Waals surface area contributed by atoms with Crippen LogP contribution in [0.4, 0.5) is 0 Å². The molecule has 22 heavy (non-hydrogen) atoms. The minimum atomic E-state index is -2.97. The van der Waals surface area contributed by atoms with Gasteiger partial charge < -0.3 is 8.40 Å². The lowest BCUT2D eigenvalue weighted by Gasteiger charge is -2.03. The molecule has 0 aromatic rings. The van der Waals surface area contributed by atoms with Crippen molar-refractivity contribution in [3.63, 3.8) is 0 Å². The minimum Gasteiger partial charge on any atom is -0.372 e. The Morgan fingerprint density at radius 2 is 0.864 bits per heavy atom. The number of unbranched alkanes of at least 4 members (excludes halogenated alkanes) is 15. The Labute approximate surface area is 143 Å². The molecule has 0 aliphatic rings. The van der Waals surface area contributed by atoms with Crippen molar-refractivity contribution in [3.05, 3.63) is 0 Å². The molecule has 134 valence electrons. The van der Waals surface area contributed by atoms with E-state index in [9.17, 15) is 8.40 Å². The van der Waals surface area contributed by atoms with E-state index in [2.05, 4.69) is 10.8 Å². The highest BCUT2D eigenvalue weighted by molar-refractivity contribution is 4.49. The summed E-state index contributed by atoms with van der Waals surface area (Å²) in [5, 5.41) is 0. The predicted molar refractivity (Wildman–Crippen MR) is 85.5 cm³/mol. The van der Waals surface area contributed by atoms with Crippen molar-refractivity contribution in [2.45, 2.75) is 110 Å². The molecule has 0 bridgehead atoms. The van der Waals surface area contributed by atoms with Crippen LogP contribution in [0.25, 0.3) is 0 Å². The molecule has 0 atom stereocenters. The predicted octanol–water partition coefficient (Wildman–Crippen LogP) is 4.35. The molecule has 0 rings (SSSR count). The molecule has 0 N–H and O–H groups in total. The van der Waals surface area contributed by atoms with Gasteiger partial charge in [0.2, 0.25) is 0 Å². The van der Waals surface area contributed by atoms with Crippen LogP contribution in [0.5, 0.6) is 0 Å². The number of halogens is 1. The highest BCUT2D eigenvalue weighted by Crippen LogP contribution is 2.13. The van der Waals surface area contributed by atoms with Crippen LogP contribution in [0.1, 0.15) is 110 Å². The van der Waals surface area contributed by atoms with E-state index in [1.54, 1.807) is 0 Å². The highest BCUT2D eigenvalue weighted by Gasteiger charge is 2.07. The monoisotopic (exact) mass is 380 g/mol. The van der Waals surface area contributed by atoms with Crippen LogP contribution in [-0.2, 0) is 3.83 Å². The van der Waals surface area contributed by atoms with Gasteiger partial charge in [0.1, 0.15) is 6.61 Å². The van der Waals surface area contributed by atoms with E-state index in [-0.39, 0.29) is 0 Å². The molecule has 0 saturated heterocycles. The molecular formula is C18H37BrO3. The van der Waals surface area contributed by atoms with Gasteiger partial charge in [0.15, 0.2) is 0 Å². The molecule has 0 heterocycles. The van der Waals surface area contributed by atoms with Crippen molar-refractivity contribution in [1.29, 1.82) is 0 Å². The van der Waals surface area contributed by atoms with Crippen molar-refractivity contribution >= 4 is 0 Å². The van der Waals surface area contributed by atoms with Gasteiger partial charge in [-0.1, -0.05) is 103 Å². The number of hydrogen-bond donors (Lipinski definition) is 0. The molecule has 0 aliphatic carbocycles. The molecule has 0 spiro atoms. The van der Waals surface area contributed by atoms with Crippen LogP contribution >= 0.6 is 0 Å². The fraction of sp³-hybridized carbons (Fsp3) is 1.00. The summed E-state index contributed by atoms with van der Waals surface area (Å²) in [5.74, 6) is 0. The number of rotatable bonds is 18. The molecule has 0 radical (unpaired) electrons. The fourth-order valence-corrected chi connectivity index (χ4v) is 3.26. The lowest BCUT2D eigenvalue weighted by molar-refractivity contribution is -1.63. The molecular weight excluding hydrogens is 344 g/mol. The first kappa shape index (κ1) is 22.4. The summed E-state index contributed by atoms with van der Waals surface area (Å²) in [7, 11) is 0. The topological polar surface area (TPSA) is 55.3 Å². The Bertz CT molecular complexity index is 201. The maximum atomic E-state index is 10.2. The van der Waals surface area contributed by atoms with E-state index in [0.29, 0.717) is 6.61 Å². The van der Waals surface area contributed by atoms with Gasteiger partial charge in [-0.15, -0.1) is 0 Å². The Morgan fingerprint density at radius 1 is 0.545 bits per heavy atom. The molecule has 0 aromatic heterocycles. The first-order valence-corrected chi connectivity index (χ1v) is 11.4. The second-order valence-electron chi connectivity index (χ2n) is 6.31. The van der Waals surface area contributed by atoms with Gasteiger partial charge in [-0.25, -0.2) is 0 Å². The van der Waals surface area contributed by atoms with Crippen molar-refractivity contribution < 1.29 is 27.0 Å². The van der Waals surface area contributed by atoms with E-state index < -0.39 is 14.8 Å². The molecule has 0 fully saturated rings. The van der Waals surface area contributed by atoms with Crippen molar-refractivity contribution in [1.82, 2.24) is 0 Å². The van der Waals surface area contributed by atoms with Crippen molar-refractivity contribution in [2.24, 2.45) is 0 Å². The number of hydrogen-bond acceptors (Lipinski definition) is 3. The quantitative estimate of drug-likeness (QED) is 0.332. The normalized spacial score (nSPS) is 11.5. The second-order valence-corrected chi connectivity index (χ2v) is 7.56. The zero-order valence-corrected chi connectivity index (χ0v) is 16.2. The largest absolute Gasteiger partial charge is 0.436 e. The summed E-state index contributed by atoms with van der Waals surface area (Å²) in [6.07, 6.45) is 21.3. The summed E-state index contributed by atoms with van der Waals surface area (Å²) >= 11 is -2.97. The lowest BCUT2D eigenvalue weighted by atomic mass is 10.0. The summed E-state index contributed by atoms with van der Waals surface area (Å²) in [6.45, 7) is 2.65. The maximum absolute atomic E-state index is 10.2. The SMILES string of the molecule is CCCCCCCCCCCCCCCCCCO[Br+2]([O-])[O-]. The van der Waals surface area contributed by atoms with E-state index >= 15 is 0 Å². The standard InChI is InChI=1S/C18H37BrO3/c1-2-3-4-5-6-7-8-9-10-11-12-13-14-15-16-17-18-22-19(20)21/h2-18H2,1H3. The Hall–Kier alpha value is 0.360. The van der Waals surface area contributed by atoms with Crippen molar-refractivity contribution in [2.75, 3.05) is 6.61 Å². The third-order valence-corrected chi connectivity index (χ3v) is 4.86. The average Bonchev–Trinajstić information content (AvgIpc) is 2.50. The van der Waals surface area contributed by atoms with E-state index in [1.165, 1.54) is 89.9 Å². The van der Waals surface area contributed by atoms with Gasteiger partial charge in [0.05, 0.1) is 0 Å². The van der Waals surface area contributed by atoms with Crippen molar-refractivity contribution in [3.8, 4) is 0 Å². The fourth-order valence-electron chi connectivity index (χ4n) is 2.77. The van der Waals surface area contributed by atoms with Gasteiger partial charge in [-0.2, -0.15) is 0 Å². The van der Waals surface area contributed by atoms with Gasteiger partial charge in [-0.3, -0.25) is 0 Å². The molecule has 0 unspecified atom stereocenters. The molecule has 0 aliphatic heterocycles. The molecule has 3 nitrogen and oxygen atoms in total. The van der Waals surface area contributed by atoms with E-state index in [1.807, 2.05) is 0 Å². The van der Waals surface area contributed by atoms with Crippen LogP contribution < -0.4 is 8.40 Å². The highest BCUT2D eigenvalue weighted by atomic mass is 80.0. The first-order chi connectivity index (χ1) is 10.8. The zero-order valence-electron chi connectivity index (χ0n) is 14.6. The van der Waals surface area contributed by atoms with E-state index in [4.69, 9.17) is 0 Å². The molecule has 0 aromatic carbocycles. The Morgan fingerprint density at radius 3 is 1.18 bits per heavy atom. The smallest absolute Gasteiger partial charge is 0.372 e. The zero-order chi connectivity index (χ0) is 16.3. The average molecular weight is 381 g/mol. The van der Waals surface area contributed by atoms with Gasteiger partial charge >= 0.3 is 14.8 Å². The third kappa shape index (κ3) is 20.4. The van der Waals surface area contributed by atoms with Crippen LogP contribution in [0.2, 0.25) is 0 Å². The van der Waals surface area contributed by atoms with Gasteiger partial charge in [0.25, 0.3) is 0 Å². The summed E-state index contributed by atoms with van der Waals surface area (Å²) in [5.41, 5.74) is 0. The Kier molecular flexibility index (Phi) is 19.7. The van der Waals surface area contributed by atoms with Crippen LogP contribution in [-0.4, -0.2) is 6.61 Å². The summed E-state index contributed by atoms with van der Waals surface area (Å²) < 4.78 is 25.0. The first-order valence-electron chi connectivity index (χ1n) is 9.46.